The first-order chi connectivity index (χ1) is 13.1. The Morgan fingerprint density at radius 1 is 1.14 bits per heavy atom. The smallest absolute Gasteiger partial charge is 0.416 e. The van der Waals surface area contributed by atoms with E-state index >= 15 is 0 Å². The first-order valence-corrected chi connectivity index (χ1v) is 9.09. The highest BCUT2D eigenvalue weighted by Crippen LogP contribution is 2.39. The van der Waals surface area contributed by atoms with Crippen LogP contribution in [0.25, 0.3) is 0 Å². The zero-order valence-electron chi connectivity index (χ0n) is 13.7. The molecule has 0 unspecified atom stereocenters. The third-order valence-electron chi connectivity index (χ3n) is 3.12. The number of hydrogen-bond donors (Lipinski definition) is 1. The minimum absolute atomic E-state index is 0.0174. The summed E-state index contributed by atoms with van der Waals surface area (Å²) in [6.07, 6.45) is -1.74. The van der Waals surface area contributed by atoms with E-state index in [0.717, 1.165) is 23.9 Å². The molecule has 0 aliphatic rings. The molecular formula is C16H8BrF6N3OS. The molecule has 0 spiro atoms. The number of alkyl halides is 3. The SMILES string of the molecule is CSC(=Nc1cc(Br)c(Oc2c(F)cc(C(F)(F)F)cc2F)cc1F)NC#N. The monoisotopic (exact) mass is 483 g/mol. The van der Waals surface area contributed by atoms with Gasteiger partial charge in [0.2, 0.25) is 0 Å². The van der Waals surface area contributed by atoms with Crippen LogP contribution in [0.4, 0.5) is 32.0 Å². The molecule has 0 amide bonds. The molecule has 0 saturated carbocycles. The molecule has 0 saturated heterocycles. The zero-order valence-corrected chi connectivity index (χ0v) is 16.1. The molecule has 0 atom stereocenters. The van der Waals surface area contributed by atoms with Gasteiger partial charge in [0.1, 0.15) is 11.4 Å². The van der Waals surface area contributed by atoms with Crippen LogP contribution in [0.5, 0.6) is 11.5 Å². The van der Waals surface area contributed by atoms with E-state index in [1.54, 1.807) is 12.4 Å². The molecule has 1 N–H and O–H groups in total. The number of halogens is 7. The minimum Gasteiger partial charge on any atom is -0.450 e. The van der Waals surface area contributed by atoms with Crippen molar-refractivity contribution in [2.24, 2.45) is 4.99 Å². The standard InChI is InChI=1S/C16H8BrF6N3OS/c1-28-15(25-6-24)26-12-4-8(17)13(5-9(12)18)27-14-10(19)2-7(3-11(14)20)16(21,22)23/h2-5H,1H3,(H,25,26). The first-order valence-electron chi connectivity index (χ1n) is 7.07. The summed E-state index contributed by atoms with van der Waals surface area (Å²) in [5.41, 5.74) is -1.75. The number of aliphatic imine (C=N–C) groups is 1. The highest BCUT2D eigenvalue weighted by molar-refractivity contribution is 9.10. The lowest BCUT2D eigenvalue weighted by Gasteiger charge is -2.13. The molecule has 0 bridgehead atoms. The van der Waals surface area contributed by atoms with Crippen LogP contribution in [0.15, 0.2) is 33.7 Å². The summed E-state index contributed by atoms with van der Waals surface area (Å²) >= 11 is 4.04. The van der Waals surface area contributed by atoms with Crippen molar-refractivity contribution < 1.29 is 31.1 Å². The summed E-state index contributed by atoms with van der Waals surface area (Å²) < 4.78 is 84.7. The Balaban J connectivity index is 2.41. The van der Waals surface area contributed by atoms with E-state index in [9.17, 15) is 26.3 Å². The molecule has 2 rings (SSSR count). The molecule has 12 heteroatoms. The third-order valence-corrected chi connectivity index (χ3v) is 4.32. The van der Waals surface area contributed by atoms with E-state index in [-0.39, 0.29) is 27.5 Å². The van der Waals surface area contributed by atoms with Crippen molar-refractivity contribution in [3.63, 3.8) is 0 Å². The van der Waals surface area contributed by atoms with Gasteiger partial charge in [-0.2, -0.15) is 18.4 Å². The van der Waals surface area contributed by atoms with Gasteiger partial charge in [0.15, 0.2) is 34.6 Å². The van der Waals surface area contributed by atoms with Crippen molar-refractivity contribution in [1.29, 1.82) is 5.26 Å². The van der Waals surface area contributed by atoms with Gasteiger partial charge in [-0.25, -0.2) is 18.2 Å². The van der Waals surface area contributed by atoms with E-state index in [1.807, 2.05) is 0 Å². The molecule has 0 aromatic heterocycles. The number of rotatable bonds is 3. The van der Waals surface area contributed by atoms with Gasteiger partial charge in [0.05, 0.1) is 10.0 Å². The Morgan fingerprint density at radius 2 is 1.75 bits per heavy atom. The van der Waals surface area contributed by atoms with Crippen LogP contribution in [0.1, 0.15) is 5.56 Å². The van der Waals surface area contributed by atoms with Crippen LogP contribution < -0.4 is 10.1 Å². The molecule has 148 valence electrons. The maximum Gasteiger partial charge on any atom is 0.416 e. The second-order valence-electron chi connectivity index (χ2n) is 4.96. The van der Waals surface area contributed by atoms with Gasteiger partial charge in [-0.05, 0) is 40.4 Å². The molecule has 2 aromatic rings. The number of nitriles is 1. The second-order valence-corrected chi connectivity index (χ2v) is 6.61. The Hall–Kier alpha value is -2.39. The van der Waals surface area contributed by atoms with Crippen molar-refractivity contribution in [3.05, 3.63) is 51.8 Å². The number of amidine groups is 1. The summed E-state index contributed by atoms with van der Waals surface area (Å²) in [6.45, 7) is 0. The summed E-state index contributed by atoms with van der Waals surface area (Å²) in [6, 6.07) is 1.99. The van der Waals surface area contributed by atoms with Crippen LogP contribution >= 0.6 is 27.7 Å². The second kappa shape index (κ2) is 8.74. The van der Waals surface area contributed by atoms with Crippen LogP contribution in [-0.4, -0.2) is 11.4 Å². The van der Waals surface area contributed by atoms with Crippen LogP contribution in [0.2, 0.25) is 0 Å². The third kappa shape index (κ3) is 5.11. The molecule has 4 nitrogen and oxygen atoms in total. The highest BCUT2D eigenvalue weighted by Gasteiger charge is 2.33. The van der Waals surface area contributed by atoms with Gasteiger partial charge in [0.25, 0.3) is 0 Å². The lowest BCUT2D eigenvalue weighted by atomic mass is 10.2. The fraction of sp³-hybridized carbons (Fsp3) is 0.125. The Kier molecular flexibility index (Phi) is 6.84. The minimum atomic E-state index is -4.95. The number of nitrogens with zero attached hydrogens (tertiary/aromatic N) is 2. The topological polar surface area (TPSA) is 57.4 Å². The van der Waals surface area contributed by atoms with Gasteiger partial charge in [-0.3, -0.25) is 5.32 Å². The lowest BCUT2D eigenvalue weighted by molar-refractivity contribution is -0.138. The fourth-order valence-corrected chi connectivity index (χ4v) is 2.64. The van der Waals surface area contributed by atoms with Crippen LogP contribution in [-0.2, 0) is 6.18 Å². The van der Waals surface area contributed by atoms with Gasteiger partial charge in [0, 0.05) is 6.07 Å². The number of benzene rings is 2. The zero-order chi connectivity index (χ0) is 21.1. The molecule has 0 aliphatic heterocycles. The van der Waals surface area contributed by atoms with Crippen LogP contribution in [0, 0.1) is 28.9 Å². The van der Waals surface area contributed by atoms with E-state index in [1.165, 1.54) is 0 Å². The van der Waals surface area contributed by atoms with Crippen molar-refractivity contribution >= 4 is 38.5 Å². The predicted molar refractivity (Wildman–Crippen MR) is 94.9 cm³/mol. The predicted octanol–water partition coefficient (Wildman–Crippen LogP) is 6.10. The van der Waals surface area contributed by atoms with Crippen molar-refractivity contribution in [3.8, 4) is 17.7 Å². The van der Waals surface area contributed by atoms with E-state index in [2.05, 4.69) is 26.2 Å². The Bertz CT molecular complexity index is 951. The Morgan fingerprint density at radius 3 is 2.25 bits per heavy atom. The van der Waals surface area contributed by atoms with E-state index in [4.69, 9.17) is 10.00 Å². The van der Waals surface area contributed by atoms with Crippen molar-refractivity contribution in [2.45, 2.75) is 6.18 Å². The Labute approximate surface area is 167 Å². The largest absolute Gasteiger partial charge is 0.450 e. The normalized spacial score (nSPS) is 11.9. The summed E-state index contributed by atoms with van der Waals surface area (Å²) in [5, 5.41) is 10.9. The lowest BCUT2D eigenvalue weighted by Crippen LogP contribution is -2.12. The van der Waals surface area contributed by atoms with E-state index < -0.39 is 40.7 Å². The van der Waals surface area contributed by atoms with Gasteiger partial charge in [-0.1, -0.05) is 11.8 Å². The molecular weight excluding hydrogens is 476 g/mol. The summed E-state index contributed by atoms with van der Waals surface area (Å²) in [4.78, 5) is 3.86. The van der Waals surface area contributed by atoms with Gasteiger partial charge >= 0.3 is 6.18 Å². The molecule has 0 heterocycles. The maximum atomic E-state index is 14.2. The van der Waals surface area contributed by atoms with Crippen molar-refractivity contribution in [2.75, 3.05) is 6.26 Å². The number of hydrogen-bond acceptors (Lipinski definition) is 4. The van der Waals surface area contributed by atoms with Crippen molar-refractivity contribution in [1.82, 2.24) is 5.32 Å². The van der Waals surface area contributed by atoms with E-state index in [0.29, 0.717) is 0 Å². The molecule has 0 radical (unpaired) electrons. The molecule has 2 aromatic carbocycles. The quantitative estimate of drug-likeness (QED) is 0.188. The molecule has 28 heavy (non-hydrogen) atoms. The molecule has 0 fully saturated rings. The van der Waals surface area contributed by atoms with Gasteiger partial charge in [-0.15, -0.1) is 0 Å². The number of ether oxygens (including phenoxy) is 1. The number of thioether (sulfide) groups is 1. The fourth-order valence-electron chi connectivity index (χ4n) is 1.89. The van der Waals surface area contributed by atoms with Gasteiger partial charge < -0.3 is 4.74 Å². The maximum absolute atomic E-state index is 14.2. The summed E-state index contributed by atoms with van der Waals surface area (Å²) in [7, 11) is 0. The van der Waals surface area contributed by atoms with Crippen LogP contribution in [0.3, 0.4) is 0 Å². The molecule has 0 aliphatic carbocycles. The average Bonchev–Trinajstić information content (AvgIpc) is 2.60. The highest BCUT2D eigenvalue weighted by atomic mass is 79.9. The summed E-state index contributed by atoms with van der Waals surface area (Å²) in [5.74, 6) is -5.69. The first kappa shape index (κ1) is 21.9. The average molecular weight is 484 g/mol. The number of nitrogens with one attached hydrogen (secondary N) is 1.